The Morgan fingerprint density at radius 1 is 1.48 bits per heavy atom. The van der Waals surface area contributed by atoms with Crippen LogP contribution in [-0.4, -0.2) is 45.7 Å². The molecule has 4 rings (SSSR count). The SMILES string of the molecule is N#CCNC(=O)C1CCCN(c2cnnc3cnc4[nH]ccc4c23)C1. The highest BCUT2D eigenvalue weighted by molar-refractivity contribution is 6.09. The van der Waals surface area contributed by atoms with Crippen LogP contribution in [0.3, 0.4) is 0 Å². The zero-order valence-corrected chi connectivity index (χ0v) is 13.6. The predicted octanol–water partition coefficient (Wildman–Crippen LogP) is 1.36. The van der Waals surface area contributed by atoms with Gasteiger partial charge in [-0.3, -0.25) is 4.79 Å². The molecule has 126 valence electrons. The molecule has 8 nitrogen and oxygen atoms in total. The van der Waals surface area contributed by atoms with E-state index < -0.39 is 0 Å². The van der Waals surface area contributed by atoms with Crippen molar-refractivity contribution in [3.05, 3.63) is 24.7 Å². The maximum absolute atomic E-state index is 12.2. The molecular formula is C17H17N7O. The Morgan fingerprint density at radius 2 is 2.40 bits per heavy atom. The zero-order valence-electron chi connectivity index (χ0n) is 13.6. The summed E-state index contributed by atoms with van der Waals surface area (Å²) in [5.41, 5.74) is 2.51. The number of fused-ring (bicyclic) bond motifs is 3. The maximum atomic E-state index is 12.2. The van der Waals surface area contributed by atoms with E-state index in [1.165, 1.54) is 0 Å². The molecule has 2 N–H and O–H groups in total. The summed E-state index contributed by atoms with van der Waals surface area (Å²) in [7, 11) is 0. The smallest absolute Gasteiger partial charge is 0.225 e. The number of H-pyrrole nitrogens is 1. The fourth-order valence-corrected chi connectivity index (χ4v) is 3.47. The van der Waals surface area contributed by atoms with Gasteiger partial charge >= 0.3 is 0 Å². The first-order chi connectivity index (χ1) is 12.3. The third-order valence-corrected chi connectivity index (χ3v) is 4.64. The van der Waals surface area contributed by atoms with Crippen LogP contribution in [0.5, 0.6) is 0 Å². The van der Waals surface area contributed by atoms with Crippen LogP contribution in [0.4, 0.5) is 5.69 Å². The highest BCUT2D eigenvalue weighted by atomic mass is 16.1. The number of hydrogen-bond donors (Lipinski definition) is 2. The van der Waals surface area contributed by atoms with Crippen molar-refractivity contribution in [1.82, 2.24) is 25.5 Å². The van der Waals surface area contributed by atoms with Crippen LogP contribution in [0.25, 0.3) is 21.9 Å². The lowest BCUT2D eigenvalue weighted by molar-refractivity contribution is -0.125. The van der Waals surface area contributed by atoms with Crippen molar-refractivity contribution in [3.63, 3.8) is 0 Å². The van der Waals surface area contributed by atoms with E-state index in [-0.39, 0.29) is 18.4 Å². The van der Waals surface area contributed by atoms with E-state index in [2.05, 4.69) is 30.4 Å². The van der Waals surface area contributed by atoms with Gasteiger partial charge in [-0.05, 0) is 18.9 Å². The third-order valence-electron chi connectivity index (χ3n) is 4.64. The van der Waals surface area contributed by atoms with E-state index in [1.54, 1.807) is 12.4 Å². The minimum absolute atomic E-state index is 0.0463. The van der Waals surface area contributed by atoms with E-state index in [9.17, 15) is 4.79 Å². The van der Waals surface area contributed by atoms with Gasteiger partial charge in [0.1, 0.15) is 17.7 Å². The average Bonchev–Trinajstić information content (AvgIpc) is 3.14. The van der Waals surface area contributed by atoms with Crippen molar-refractivity contribution < 1.29 is 4.79 Å². The van der Waals surface area contributed by atoms with Crippen LogP contribution >= 0.6 is 0 Å². The van der Waals surface area contributed by atoms with Crippen LogP contribution < -0.4 is 10.2 Å². The Labute approximate surface area is 143 Å². The lowest BCUT2D eigenvalue weighted by Gasteiger charge is -2.34. The van der Waals surface area contributed by atoms with Gasteiger partial charge in [-0.15, -0.1) is 5.10 Å². The number of pyridine rings is 1. The van der Waals surface area contributed by atoms with Crippen molar-refractivity contribution in [1.29, 1.82) is 5.26 Å². The second-order valence-electron chi connectivity index (χ2n) is 6.15. The highest BCUT2D eigenvalue weighted by Crippen LogP contribution is 2.32. The van der Waals surface area contributed by atoms with Gasteiger partial charge < -0.3 is 15.2 Å². The first-order valence-corrected chi connectivity index (χ1v) is 8.25. The van der Waals surface area contributed by atoms with Gasteiger partial charge in [0.15, 0.2) is 0 Å². The normalized spacial score (nSPS) is 17.6. The second-order valence-corrected chi connectivity index (χ2v) is 6.15. The summed E-state index contributed by atoms with van der Waals surface area (Å²) in [5.74, 6) is -0.195. The molecule has 0 saturated carbocycles. The number of carbonyl (C=O) groups excluding carboxylic acids is 1. The summed E-state index contributed by atoms with van der Waals surface area (Å²) in [6, 6.07) is 3.93. The molecule has 1 unspecified atom stereocenters. The summed E-state index contributed by atoms with van der Waals surface area (Å²) in [6.07, 6.45) is 7.06. The fourth-order valence-electron chi connectivity index (χ4n) is 3.47. The quantitative estimate of drug-likeness (QED) is 0.699. The van der Waals surface area contributed by atoms with Gasteiger partial charge in [0.25, 0.3) is 0 Å². The molecule has 1 aliphatic rings. The largest absolute Gasteiger partial charge is 0.369 e. The van der Waals surface area contributed by atoms with E-state index in [1.807, 2.05) is 18.3 Å². The second kappa shape index (κ2) is 6.36. The Hall–Kier alpha value is -3.21. The van der Waals surface area contributed by atoms with Gasteiger partial charge in [0, 0.05) is 30.1 Å². The van der Waals surface area contributed by atoms with Crippen molar-refractivity contribution in [2.24, 2.45) is 5.92 Å². The van der Waals surface area contributed by atoms with Crippen LogP contribution in [0.1, 0.15) is 12.8 Å². The van der Waals surface area contributed by atoms with Crippen molar-refractivity contribution in [2.75, 3.05) is 24.5 Å². The minimum atomic E-state index is -0.131. The van der Waals surface area contributed by atoms with Crippen LogP contribution in [0, 0.1) is 17.2 Å². The fraction of sp³-hybridized carbons (Fsp3) is 0.353. The van der Waals surface area contributed by atoms with Crippen LogP contribution in [0.15, 0.2) is 24.7 Å². The highest BCUT2D eigenvalue weighted by Gasteiger charge is 2.27. The summed E-state index contributed by atoms with van der Waals surface area (Å²) in [5, 5.41) is 21.6. The molecule has 4 heterocycles. The number of nitriles is 1. The summed E-state index contributed by atoms with van der Waals surface area (Å²) in [6.45, 7) is 1.51. The topological polar surface area (TPSA) is 111 Å². The molecule has 3 aromatic rings. The molecule has 8 heteroatoms. The van der Waals surface area contributed by atoms with E-state index >= 15 is 0 Å². The molecule has 0 spiro atoms. The van der Waals surface area contributed by atoms with Crippen molar-refractivity contribution in [2.45, 2.75) is 12.8 Å². The van der Waals surface area contributed by atoms with Gasteiger partial charge in [0.2, 0.25) is 5.91 Å². The number of anilines is 1. The first-order valence-electron chi connectivity index (χ1n) is 8.25. The van der Waals surface area contributed by atoms with Crippen LogP contribution in [-0.2, 0) is 4.79 Å². The Kier molecular flexibility index (Phi) is 3.90. The molecule has 0 radical (unpaired) electrons. The number of amides is 1. The number of nitrogens with zero attached hydrogens (tertiary/aromatic N) is 5. The Bertz CT molecular complexity index is 974. The molecule has 0 bridgehead atoms. The Balaban J connectivity index is 1.70. The molecular weight excluding hydrogens is 318 g/mol. The monoisotopic (exact) mass is 335 g/mol. The average molecular weight is 335 g/mol. The van der Waals surface area contributed by atoms with Crippen molar-refractivity contribution in [3.8, 4) is 6.07 Å². The van der Waals surface area contributed by atoms with Crippen LogP contribution in [0.2, 0.25) is 0 Å². The number of nitrogens with one attached hydrogen (secondary N) is 2. The first kappa shape index (κ1) is 15.3. The number of carbonyl (C=O) groups is 1. The summed E-state index contributed by atoms with van der Waals surface area (Å²) in [4.78, 5) is 21.9. The standard InChI is InChI=1S/C17H17N7O/c18-4-6-20-17(25)11-2-1-7-24(10-11)14-9-22-23-13-8-21-16-12(15(13)14)3-5-19-16/h3,5,8-9,11H,1-2,6-7,10H2,(H,19,21)(H,20,25). The third kappa shape index (κ3) is 2.74. The number of aromatic amines is 1. The molecule has 1 aliphatic heterocycles. The molecule has 25 heavy (non-hydrogen) atoms. The van der Waals surface area contributed by atoms with Gasteiger partial charge in [-0.25, -0.2) is 4.98 Å². The number of aromatic nitrogens is 4. The van der Waals surface area contributed by atoms with Crippen molar-refractivity contribution >= 4 is 33.5 Å². The molecule has 3 aromatic heterocycles. The van der Waals surface area contributed by atoms with E-state index in [0.29, 0.717) is 6.54 Å². The molecule has 0 aromatic carbocycles. The lowest BCUT2D eigenvalue weighted by atomic mass is 9.96. The van der Waals surface area contributed by atoms with Gasteiger partial charge in [-0.1, -0.05) is 0 Å². The maximum Gasteiger partial charge on any atom is 0.225 e. The minimum Gasteiger partial charge on any atom is -0.369 e. The predicted molar refractivity (Wildman–Crippen MR) is 92.7 cm³/mol. The number of hydrogen-bond acceptors (Lipinski definition) is 6. The molecule has 1 amide bonds. The zero-order chi connectivity index (χ0) is 17.2. The van der Waals surface area contributed by atoms with Gasteiger partial charge in [-0.2, -0.15) is 10.4 Å². The lowest BCUT2D eigenvalue weighted by Crippen LogP contribution is -2.43. The summed E-state index contributed by atoms with van der Waals surface area (Å²) >= 11 is 0. The number of piperidine rings is 1. The molecule has 1 atom stereocenters. The van der Waals surface area contributed by atoms with Gasteiger partial charge in [0.05, 0.1) is 30.1 Å². The molecule has 1 fully saturated rings. The number of rotatable bonds is 3. The molecule has 1 saturated heterocycles. The Morgan fingerprint density at radius 3 is 3.28 bits per heavy atom. The summed E-state index contributed by atoms with van der Waals surface area (Å²) < 4.78 is 0. The van der Waals surface area contributed by atoms with E-state index in [4.69, 9.17) is 5.26 Å². The molecule has 0 aliphatic carbocycles. The van der Waals surface area contributed by atoms with E-state index in [0.717, 1.165) is 47.0 Å².